The van der Waals surface area contributed by atoms with E-state index < -0.39 is 6.10 Å². The molecule has 6 heteroatoms. The quantitative estimate of drug-likeness (QED) is 0.0343. The number of unbranched alkanes of at least 4 members (excludes halogenated alkanes) is 49. The highest BCUT2D eigenvalue weighted by Crippen LogP contribution is 2.19. The molecule has 0 heterocycles. The molecule has 0 amide bonds. The van der Waals surface area contributed by atoms with Crippen LogP contribution in [-0.4, -0.2) is 37.2 Å². The zero-order valence-corrected chi connectivity index (χ0v) is 47.8. The van der Waals surface area contributed by atoms with Crippen LogP contribution in [0.2, 0.25) is 0 Å². The van der Waals surface area contributed by atoms with Crippen LogP contribution in [0.1, 0.15) is 374 Å². The summed E-state index contributed by atoms with van der Waals surface area (Å²) in [7, 11) is 0. The fourth-order valence-corrected chi connectivity index (χ4v) is 10.0. The van der Waals surface area contributed by atoms with Crippen LogP contribution >= 0.6 is 0 Å². The molecular weight excluding hydrogens is 865 g/mol. The van der Waals surface area contributed by atoms with Gasteiger partial charge in [0.05, 0.1) is 0 Å². The van der Waals surface area contributed by atoms with Gasteiger partial charge in [0, 0.05) is 19.3 Å². The van der Waals surface area contributed by atoms with E-state index in [0.717, 1.165) is 57.8 Å². The predicted molar refractivity (Wildman–Crippen MR) is 303 cm³/mol. The molecule has 6 nitrogen and oxygen atoms in total. The van der Waals surface area contributed by atoms with Crippen LogP contribution in [0.5, 0.6) is 0 Å². The fourth-order valence-electron chi connectivity index (χ4n) is 10.0. The first-order valence-corrected chi connectivity index (χ1v) is 32.0. The number of ether oxygens (including phenoxy) is 3. The number of hydrogen-bond acceptors (Lipinski definition) is 6. The van der Waals surface area contributed by atoms with Crippen molar-refractivity contribution in [2.24, 2.45) is 0 Å². The Morgan fingerprint density at radius 2 is 0.386 bits per heavy atom. The van der Waals surface area contributed by atoms with E-state index in [1.807, 2.05) is 0 Å². The second-order valence-electron chi connectivity index (χ2n) is 22.1. The van der Waals surface area contributed by atoms with Crippen LogP contribution in [0.4, 0.5) is 0 Å². The molecule has 0 saturated carbocycles. The molecule has 0 saturated heterocycles. The summed E-state index contributed by atoms with van der Waals surface area (Å²) >= 11 is 0. The first kappa shape index (κ1) is 68.4. The number of esters is 3. The molecular formula is C64H124O6. The van der Waals surface area contributed by atoms with E-state index in [2.05, 4.69) is 20.8 Å². The minimum absolute atomic E-state index is 0.0615. The van der Waals surface area contributed by atoms with E-state index in [-0.39, 0.29) is 31.1 Å². The zero-order valence-electron chi connectivity index (χ0n) is 47.8. The lowest BCUT2D eigenvalue weighted by molar-refractivity contribution is -0.167. The zero-order chi connectivity index (χ0) is 50.7. The van der Waals surface area contributed by atoms with Crippen molar-refractivity contribution in [1.29, 1.82) is 0 Å². The van der Waals surface area contributed by atoms with Crippen LogP contribution in [0.15, 0.2) is 0 Å². The second-order valence-corrected chi connectivity index (χ2v) is 22.1. The summed E-state index contributed by atoms with van der Waals surface area (Å²) in [6.45, 7) is 6.69. The van der Waals surface area contributed by atoms with Gasteiger partial charge in [-0.15, -0.1) is 0 Å². The van der Waals surface area contributed by atoms with Crippen LogP contribution in [0.3, 0.4) is 0 Å². The molecule has 0 aromatic carbocycles. The van der Waals surface area contributed by atoms with E-state index >= 15 is 0 Å². The maximum atomic E-state index is 12.8. The highest BCUT2D eigenvalue weighted by Gasteiger charge is 2.19. The number of carbonyl (C=O) groups is 3. The van der Waals surface area contributed by atoms with Crippen molar-refractivity contribution in [2.45, 2.75) is 380 Å². The third-order valence-corrected chi connectivity index (χ3v) is 14.9. The summed E-state index contributed by atoms with van der Waals surface area (Å²) in [5.41, 5.74) is 0. The monoisotopic (exact) mass is 989 g/mol. The average Bonchev–Trinajstić information content (AvgIpc) is 3.36. The minimum Gasteiger partial charge on any atom is -0.462 e. The molecule has 0 bridgehead atoms. The van der Waals surface area contributed by atoms with E-state index in [0.29, 0.717) is 19.3 Å². The van der Waals surface area contributed by atoms with Gasteiger partial charge in [-0.2, -0.15) is 0 Å². The van der Waals surface area contributed by atoms with Crippen LogP contribution in [0.25, 0.3) is 0 Å². The van der Waals surface area contributed by atoms with Crippen molar-refractivity contribution >= 4 is 17.9 Å². The Morgan fingerprint density at radius 1 is 0.229 bits per heavy atom. The van der Waals surface area contributed by atoms with Gasteiger partial charge in [0.15, 0.2) is 6.10 Å². The minimum atomic E-state index is -0.760. The van der Waals surface area contributed by atoms with E-state index in [1.165, 1.54) is 276 Å². The lowest BCUT2D eigenvalue weighted by Gasteiger charge is -2.18. The van der Waals surface area contributed by atoms with Gasteiger partial charge < -0.3 is 14.2 Å². The Hall–Kier alpha value is -1.59. The van der Waals surface area contributed by atoms with Gasteiger partial charge >= 0.3 is 17.9 Å². The van der Waals surface area contributed by atoms with Gasteiger partial charge in [0.2, 0.25) is 0 Å². The second kappa shape index (κ2) is 60.0. The van der Waals surface area contributed by atoms with Crippen LogP contribution in [0, 0.1) is 0 Å². The van der Waals surface area contributed by atoms with Gasteiger partial charge in [-0.25, -0.2) is 0 Å². The molecule has 0 spiro atoms. The summed E-state index contributed by atoms with van der Waals surface area (Å²) in [4.78, 5) is 38.0. The van der Waals surface area contributed by atoms with Crippen molar-refractivity contribution in [3.8, 4) is 0 Å². The molecule has 0 aromatic heterocycles. The third-order valence-electron chi connectivity index (χ3n) is 14.9. The number of carbonyl (C=O) groups excluding carboxylic acids is 3. The van der Waals surface area contributed by atoms with Crippen LogP contribution < -0.4 is 0 Å². The normalized spacial score (nSPS) is 11.9. The van der Waals surface area contributed by atoms with E-state index in [9.17, 15) is 14.4 Å². The lowest BCUT2D eigenvalue weighted by Crippen LogP contribution is -2.30. The first-order valence-electron chi connectivity index (χ1n) is 32.0. The summed E-state index contributed by atoms with van der Waals surface area (Å²) in [5, 5.41) is 0. The Morgan fingerprint density at radius 3 is 0.571 bits per heavy atom. The van der Waals surface area contributed by atoms with E-state index in [4.69, 9.17) is 14.2 Å². The summed E-state index contributed by atoms with van der Waals surface area (Å²) in [6, 6.07) is 0. The molecule has 0 rings (SSSR count). The highest BCUT2D eigenvalue weighted by molar-refractivity contribution is 5.71. The topological polar surface area (TPSA) is 78.9 Å². The Kier molecular flexibility index (Phi) is 58.6. The Labute approximate surface area is 438 Å². The lowest BCUT2D eigenvalue weighted by atomic mass is 10.0. The van der Waals surface area contributed by atoms with Crippen LogP contribution in [-0.2, 0) is 28.6 Å². The SMILES string of the molecule is CCCCCCCCCCCCCCCCCCCCCCCCCCCCCCCCCC(=O)OCC(COC(=O)CCCCCCCCCCCC)OC(=O)CCCCCCCCCCCCC. The third kappa shape index (κ3) is 57.3. The fraction of sp³-hybridized carbons (Fsp3) is 0.953. The smallest absolute Gasteiger partial charge is 0.306 e. The molecule has 416 valence electrons. The molecule has 0 aliphatic rings. The summed E-state index contributed by atoms with van der Waals surface area (Å²) < 4.78 is 16.8. The summed E-state index contributed by atoms with van der Waals surface area (Å²) in [6.07, 6.45) is 68.6. The maximum absolute atomic E-state index is 12.8. The van der Waals surface area contributed by atoms with Crippen molar-refractivity contribution in [2.75, 3.05) is 13.2 Å². The summed E-state index contributed by atoms with van der Waals surface area (Å²) in [5.74, 6) is -0.837. The average molecular weight is 990 g/mol. The molecule has 70 heavy (non-hydrogen) atoms. The molecule has 0 fully saturated rings. The molecule has 0 radical (unpaired) electrons. The highest BCUT2D eigenvalue weighted by atomic mass is 16.6. The molecule has 1 unspecified atom stereocenters. The van der Waals surface area contributed by atoms with Gasteiger partial charge in [0.1, 0.15) is 13.2 Å². The molecule has 0 aliphatic heterocycles. The first-order chi connectivity index (χ1) is 34.5. The van der Waals surface area contributed by atoms with Gasteiger partial charge in [-0.3, -0.25) is 14.4 Å². The number of rotatable bonds is 60. The van der Waals surface area contributed by atoms with Crippen molar-refractivity contribution in [3.05, 3.63) is 0 Å². The van der Waals surface area contributed by atoms with Gasteiger partial charge in [0.25, 0.3) is 0 Å². The van der Waals surface area contributed by atoms with Gasteiger partial charge in [-0.1, -0.05) is 335 Å². The Balaban J connectivity index is 3.95. The van der Waals surface area contributed by atoms with Gasteiger partial charge in [-0.05, 0) is 19.3 Å². The molecule has 0 aliphatic carbocycles. The van der Waals surface area contributed by atoms with Crippen molar-refractivity contribution < 1.29 is 28.6 Å². The Bertz CT molecular complexity index is 1040. The standard InChI is InChI=1S/C64H124O6/c1-4-7-10-13-16-19-22-23-24-25-26-27-28-29-30-31-32-33-34-35-36-37-38-39-40-41-43-45-48-51-54-57-63(66)69-60-61(59-68-62(65)56-53-50-47-44-21-18-15-12-9-6-3)70-64(67)58-55-52-49-46-42-20-17-14-11-8-5-2/h61H,4-60H2,1-3H3. The maximum Gasteiger partial charge on any atom is 0.306 e. The molecule has 0 N–H and O–H groups in total. The predicted octanol–water partition coefficient (Wildman–Crippen LogP) is 21.5. The van der Waals surface area contributed by atoms with Crippen molar-refractivity contribution in [1.82, 2.24) is 0 Å². The van der Waals surface area contributed by atoms with E-state index in [1.54, 1.807) is 0 Å². The molecule has 0 aromatic rings. The largest absolute Gasteiger partial charge is 0.462 e. The number of hydrogen-bond donors (Lipinski definition) is 0. The molecule has 1 atom stereocenters. The van der Waals surface area contributed by atoms with Crippen molar-refractivity contribution in [3.63, 3.8) is 0 Å².